The molecule has 1 aromatic carbocycles. The van der Waals surface area contributed by atoms with Gasteiger partial charge in [-0.1, -0.05) is 11.6 Å². The normalized spacial score (nSPS) is 12.7. The zero-order valence-electron chi connectivity index (χ0n) is 9.32. The third-order valence-electron chi connectivity index (χ3n) is 2.69. The van der Waals surface area contributed by atoms with Crippen LogP contribution in [-0.2, 0) is 0 Å². The first-order valence-corrected chi connectivity index (χ1v) is 5.46. The number of alkyl halides is 1. The Hall–Kier alpha value is -0.440. The van der Waals surface area contributed by atoms with Crippen molar-refractivity contribution in [1.82, 2.24) is 0 Å². The van der Waals surface area contributed by atoms with Crippen molar-refractivity contribution in [2.24, 2.45) is 5.73 Å². The maximum atomic E-state index is 6.19. The number of ether oxygens (including phenoxy) is 1. The van der Waals surface area contributed by atoms with Crippen LogP contribution in [0.1, 0.15) is 27.8 Å². The van der Waals surface area contributed by atoms with Crippen LogP contribution in [0.15, 0.2) is 0 Å². The summed E-state index contributed by atoms with van der Waals surface area (Å²) in [7, 11) is 1.61. The van der Waals surface area contributed by atoms with E-state index in [1.807, 2.05) is 20.8 Å². The monoisotopic (exact) mass is 247 g/mol. The molecule has 0 spiro atoms. The van der Waals surface area contributed by atoms with Gasteiger partial charge in [0.05, 0.1) is 7.11 Å². The Kier molecular flexibility index (Phi) is 3.87. The zero-order chi connectivity index (χ0) is 11.7. The molecule has 84 valence electrons. The highest BCUT2D eigenvalue weighted by Crippen LogP contribution is 2.39. The molecule has 0 saturated carbocycles. The lowest BCUT2D eigenvalue weighted by molar-refractivity contribution is 0.405. The fourth-order valence-corrected chi connectivity index (χ4v) is 2.21. The van der Waals surface area contributed by atoms with Crippen molar-refractivity contribution >= 4 is 23.2 Å². The molecule has 2 nitrogen and oxygen atoms in total. The van der Waals surface area contributed by atoms with Gasteiger partial charge in [0.15, 0.2) is 0 Å². The van der Waals surface area contributed by atoms with Gasteiger partial charge in [-0.05, 0) is 37.5 Å². The number of benzene rings is 1. The summed E-state index contributed by atoms with van der Waals surface area (Å²) in [5.74, 6) is 0.733. The molecule has 1 aromatic rings. The number of methoxy groups -OCH3 is 1. The predicted molar refractivity (Wildman–Crippen MR) is 65.0 cm³/mol. The summed E-state index contributed by atoms with van der Waals surface area (Å²) in [4.78, 5) is 0. The van der Waals surface area contributed by atoms with E-state index in [0.717, 1.165) is 28.0 Å². The fourth-order valence-electron chi connectivity index (χ4n) is 1.70. The van der Waals surface area contributed by atoms with Gasteiger partial charge in [0, 0.05) is 10.6 Å². The summed E-state index contributed by atoms with van der Waals surface area (Å²) < 4.78 is 5.33. The molecule has 0 radical (unpaired) electrons. The molecule has 2 N–H and O–H groups in total. The van der Waals surface area contributed by atoms with Crippen LogP contribution in [0.2, 0.25) is 5.02 Å². The molecule has 0 amide bonds. The lowest BCUT2D eigenvalue weighted by atomic mass is 9.98. The second-order valence-electron chi connectivity index (χ2n) is 3.54. The van der Waals surface area contributed by atoms with Gasteiger partial charge in [-0.2, -0.15) is 0 Å². The third-order valence-corrected chi connectivity index (χ3v) is 3.48. The van der Waals surface area contributed by atoms with Crippen molar-refractivity contribution < 1.29 is 4.74 Å². The molecule has 0 bridgehead atoms. The molecule has 4 heteroatoms. The first-order chi connectivity index (χ1) is 6.91. The smallest absolute Gasteiger partial charge is 0.128 e. The Morgan fingerprint density at radius 3 is 2.07 bits per heavy atom. The number of nitrogens with two attached hydrogens (primary N) is 1. The van der Waals surface area contributed by atoms with Crippen LogP contribution in [0, 0.1) is 20.8 Å². The van der Waals surface area contributed by atoms with Gasteiger partial charge in [-0.15, -0.1) is 11.6 Å². The van der Waals surface area contributed by atoms with E-state index in [2.05, 4.69) is 0 Å². The summed E-state index contributed by atoms with van der Waals surface area (Å²) >= 11 is 12.1. The van der Waals surface area contributed by atoms with E-state index in [4.69, 9.17) is 33.7 Å². The molecule has 15 heavy (non-hydrogen) atoms. The summed E-state index contributed by atoms with van der Waals surface area (Å²) in [5, 5.41) is 0.708. The van der Waals surface area contributed by atoms with Crippen LogP contribution < -0.4 is 10.5 Å². The lowest BCUT2D eigenvalue weighted by Crippen LogP contribution is -2.09. The van der Waals surface area contributed by atoms with Crippen LogP contribution in [0.5, 0.6) is 5.75 Å². The van der Waals surface area contributed by atoms with Crippen LogP contribution in [0.25, 0.3) is 0 Å². The van der Waals surface area contributed by atoms with Crippen molar-refractivity contribution in [3.05, 3.63) is 27.3 Å². The van der Waals surface area contributed by atoms with Crippen LogP contribution in [0.3, 0.4) is 0 Å². The standard InChI is InChI=1S/C11H15Cl2NO/c1-5-6(2)10(15-4)8(11(13)14)7(3)9(5)12/h11H,14H2,1-4H3. The zero-order valence-corrected chi connectivity index (χ0v) is 10.8. The molecule has 1 rings (SSSR count). The van der Waals surface area contributed by atoms with Crippen molar-refractivity contribution in [3.63, 3.8) is 0 Å². The molecular formula is C11H15Cl2NO. The minimum absolute atomic E-state index is 0.600. The quantitative estimate of drug-likeness (QED) is 0.642. The topological polar surface area (TPSA) is 35.2 Å². The number of rotatable bonds is 2. The van der Waals surface area contributed by atoms with Crippen molar-refractivity contribution in [3.8, 4) is 5.75 Å². The van der Waals surface area contributed by atoms with Crippen LogP contribution in [0.4, 0.5) is 0 Å². The maximum Gasteiger partial charge on any atom is 0.128 e. The van der Waals surface area contributed by atoms with Crippen molar-refractivity contribution in [2.75, 3.05) is 7.11 Å². The summed E-state index contributed by atoms with van der Waals surface area (Å²) in [6.07, 6.45) is 0. The van der Waals surface area contributed by atoms with E-state index in [1.165, 1.54) is 0 Å². The summed E-state index contributed by atoms with van der Waals surface area (Å²) in [6, 6.07) is 0. The minimum Gasteiger partial charge on any atom is -0.496 e. The van der Waals surface area contributed by atoms with Crippen LogP contribution >= 0.6 is 23.2 Å². The van der Waals surface area contributed by atoms with Gasteiger partial charge in [-0.3, -0.25) is 0 Å². The Morgan fingerprint density at radius 1 is 1.13 bits per heavy atom. The van der Waals surface area contributed by atoms with Gasteiger partial charge in [0.1, 0.15) is 11.3 Å². The van der Waals surface area contributed by atoms with E-state index in [9.17, 15) is 0 Å². The molecule has 1 atom stereocenters. The van der Waals surface area contributed by atoms with E-state index in [1.54, 1.807) is 7.11 Å². The Balaban J connectivity index is 3.62. The molecule has 0 aromatic heterocycles. The highest BCUT2D eigenvalue weighted by atomic mass is 35.5. The summed E-state index contributed by atoms with van der Waals surface area (Å²) in [5.41, 5.74) is 8.76. The molecule has 0 fully saturated rings. The Bertz CT molecular complexity index is 389. The van der Waals surface area contributed by atoms with Crippen molar-refractivity contribution in [2.45, 2.75) is 26.3 Å². The molecule has 1 unspecified atom stereocenters. The SMILES string of the molecule is COc1c(C)c(C)c(Cl)c(C)c1C(N)Cl. The number of hydrogen-bond acceptors (Lipinski definition) is 2. The van der Waals surface area contributed by atoms with Crippen molar-refractivity contribution in [1.29, 1.82) is 0 Å². The van der Waals surface area contributed by atoms with E-state index >= 15 is 0 Å². The third kappa shape index (κ3) is 2.07. The molecule has 0 heterocycles. The molecule has 0 saturated heterocycles. The Morgan fingerprint density at radius 2 is 1.67 bits per heavy atom. The second kappa shape index (κ2) is 4.60. The number of hydrogen-bond donors (Lipinski definition) is 1. The van der Waals surface area contributed by atoms with E-state index in [0.29, 0.717) is 5.02 Å². The van der Waals surface area contributed by atoms with Gasteiger partial charge >= 0.3 is 0 Å². The largest absolute Gasteiger partial charge is 0.496 e. The van der Waals surface area contributed by atoms with Gasteiger partial charge in [0.2, 0.25) is 0 Å². The molecule has 0 aliphatic rings. The summed E-state index contributed by atoms with van der Waals surface area (Å²) in [6.45, 7) is 5.80. The van der Waals surface area contributed by atoms with Gasteiger partial charge in [0.25, 0.3) is 0 Å². The van der Waals surface area contributed by atoms with Crippen LogP contribution in [-0.4, -0.2) is 7.11 Å². The average Bonchev–Trinajstić information content (AvgIpc) is 2.19. The fraction of sp³-hybridized carbons (Fsp3) is 0.455. The Labute approximate surface area is 100 Å². The minimum atomic E-state index is -0.600. The first kappa shape index (κ1) is 12.6. The van der Waals surface area contributed by atoms with E-state index < -0.39 is 5.50 Å². The van der Waals surface area contributed by atoms with Gasteiger partial charge in [-0.25, -0.2) is 0 Å². The highest BCUT2D eigenvalue weighted by Gasteiger charge is 2.20. The average molecular weight is 248 g/mol. The van der Waals surface area contributed by atoms with E-state index in [-0.39, 0.29) is 0 Å². The first-order valence-electron chi connectivity index (χ1n) is 4.64. The molecular weight excluding hydrogens is 233 g/mol. The molecule has 0 aliphatic carbocycles. The highest BCUT2D eigenvalue weighted by molar-refractivity contribution is 6.32. The maximum absolute atomic E-state index is 6.19. The lowest BCUT2D eigenvalue weighted by Gasteiger charge is -2.19. The van der Waals surface area contributed by atoms with Gasteiger partial charge < -0.3 is 10.5 Å². The number of halogens is 2. The second-order valence-corrected chi connectivity index (χ2v) is 4.39. The molecule has 0 aliphatic heterocycles. The predicted octanol–water partition coefficient (Wildman–Crippen LogP) is 3.47.